The Kier molecular flexibility index (Phi) is 3.01. The molecule has 0 saturated carbocycles. The molecule has 3 heteroatoms. The summed E-state index contributed by atoms with van der Waals surface area (Å²) in [6, 6.07) is 14.3. The summed E-state index contributed by atoms with van der Waals surface area (Å²) in [5.74, 6) is 0.980. The maximum atomic E-state index is 5.98. The molecule has 21 heavy (non-hydrogen) atoms. The van der Waals surface area contributed by atoms with Gasteiger partial charge < -0.3 is 10.3 Å². The summed E-state index contributed by atoms with van der Waals surface area (Å²) in [5, 5.41) is 0. The Morgan fingerprint density at radius 3 is 2.48 bits per heavy atom. The molecule has 0 fully saturated rings. The SMILES string of the molecule is Cc1ccc(N)cc1-c1nc2ccccc2n1C(C)(C)C. The van der Waals surface area contributed by atoms with Crippen molar-refractivity contribution in [2.75, 3.05) is 5.73 Å². The Hall–Kier alpha value is -2.29. The van der Waals surface area contributed by atoms with Crippen molar-refractivity contribution in [3.8, 4) is 11.4 Å². The number of aryl methyl sites for hydroxylation is 1. The number of para-hydroxylation sites is 2. The smallest absolute Gasteiger partial charge is 0.141 e. The molecule has 2 aromatic carbocycles. The van der Waals surface area contributed by atoms with Crippen LogP contribution in [0.1, 0.15) is 26.3 Å². The Balaban J connectivity index is 2.39. The van der Waals surface area contributed by atoms with Gasteiger partial charge >= 0.3 is 0 Å². The average molecular weight is 279 g/mol. The molecule has 0 aliphatic rings. The van der Waals surface area contributed by atoms with Gasteiger partial charge in [0.1, 0.15) is 5.82 Å². The Morgan fingerprint density at radius 2 is 1.76 bits per heavy atom. The van der Waals surface area contributed by atoms with Crippen molar-refractivity contribution in [2.45, 2.75) is 33.2 Å². The van der Waals surface area contributed by atoms with Gasteiger partial charge in [-0.2, -0.15) is 0 Å². The van der Waals surface area contributed by atoms with Gasteiger partial charge in [-0.1, -0.05) is 18.2 Å². The van der Waals surface area contributed by atoms with Gasteiger partial charge in [0.05, 0.1) is 11.0 Å². The highest BCUT2D eigenvalue weighted by atomic mass is 15.1. The number of nitrogens with zero attached hydrogens (tertiary/aromatic N) is 2. The molecule has 1 heterocycles. The number of hydrogen-bond donors (Lipinski definition) is 1. The first-order valence-electron chi connectivity index (χ1n) is 7.22. The minimum atomic E-state index is -0.0531. The van der Waals surface area contributed by atoms with E-state index in [0.29, 0.717) is 0 Å². The molecule has 108 valence electrons. The molecule has 3 aromatic rings. The molecular weight excluding hydrogens is 258 g/mol. The van der Waals surface area contributed by atoms with Crippen molar-refractivity contribution >= 4 is 16.7 Å². The second-order valence-corrected chi connectivity index (χ2v) is 6.50. The number of fused-ring (bicyclic) bond motifs is 1. The fourth-order valence-corrected chi connectivity index (χ4v) is 2.77. The second-order valence-electron chi connectivity index (χ2n) is 6.50. The van der Waals surface area contributed by atoms with E-state index >= 15 is 0 Å². The molecular formula is C18H21N3. The third-order valence-corrected chi connectivity index (χ3v) is 3.73. The largest absolute Gasteiger partial charge is 0.399 e. The number of anilines is 1. The number of rotatable bonds is 1. The van der Waals surface area contributed by atoms with Crippen molar-refractivity contribution in [1.29, 1.82) is 0 Å². The summed E-state index contributed by atoms with van der Waals surface area (Å²) >= 11 is 0. The van der Waals surface area contributed by atoms with Gasteiger partial charge in [-0.05, 0) is 57.5 Å². The molecule has 0 atom stereocenters. The monoisotopic (exact) mass is 279 g/mol. The van der Waals surface area contributed by atoms with Crippen LogP contribution >= 0.6 is 0 Å². The Bertz CT molecular complexity index is 807. The molecule has 1 aromatic heterocycles. The van der Waals surface area contributed by atoms with Crippen LogP contribution in [0.2, 0.25) is 0 Å². The lowest BCUT2D eigenvalue weighted by Gasteiger charge is -2.25. The van der Waals surface area contributed by atoms with Crippen LogP contribution in [-0.4, -0.2) is 9.55 Å². The first kappa shape index (κ1) is 13.7. The van der Waals surface area contributed by atoms with Crippen LogP contribution in [0.4, 0.5) is 5.69 Å². The van der Waals surface area contributed by atoms with Crippen molar-refractivity contribution < 1.29 is 0 Å². The van der Waals surface area contributed by atoms with Crippen molar-refractivity contribution in [3.05, 3.63) is 48.0 Å². The van der Waals surface area contributed by atoms with E-state index in [2.05, 4.69) is 56.5 Å². The first-order chi connectivity index (χ1) is 9.88. The van der Waals surface area contributed by atoms with E-state index in [4.69, 9.17) is 10.7 Å². The lowest BCUT2D eigenvalue weighted by atomic mass is 10.0. The van der Waals surface area contributed by atoms with Gasteiger partial charge in [-0.25, -0.2) is 4.98 Å². The molecule has 3 rings (SSSR count). The average Bonchev–Trinajstić information content (AvgIpc) is 2.80. The lowest BCUT2D eigenvalue weighted by Crippen LogP contribution is -2.22. The predicted octanol–water partition coefficient (Wildman–Crippen LogP) is 4.35. The number of nitrogens with two attached hydrogens (primary N) is 1. The fraction of sp³-hybridized carbons (Fsp3) is 0.278. The van der Waals surface area contributed by atoms with Crippen molar-refractivity contribution in [1.82, 2.24) is 9.55 Å². The highest BCUT2D eigenvalue weighted by Crippen LogP contribution is 2.33. The lowest BCUT2D eigenvalue weighted by molar-refractivity contribution is 0.413. The van der Waals surface area contributed by atoms with E-state index in [1.807, 2.05) is 18.2 Å². The van der Waals surface area contributed by atoms with Gasteiger partial charge in [-0.15, -0.1) is 0 Å². The van der Waals surface area contributed by atoms with Gasteiger partial charge in [0, 0.05) is 16.8 Å². The van der Waals surface area contributed by atoms with Crippen LogP contribution in [0.5, 0.6) is 0 Å². The van der Waals surface area contributed by atoms with Crippen LogP contribution in [-0.2, 0) is 5.54 Å². The zero-order valence-electron chi connectivity index (χ0n) is 13.0. The van der Waals surface area contributed by atoms with Crippen molar-refractivity contribution in [3.63, 3.8) is 0 Å². The number of benzene rings is 2. The van der Waals surface area contributed by atoms with Crippen LogP contribution in [0.25, 0.3) is 22.4 Å². The van der Waals surface area contributed by atoms with E-state index in [1.165, 1.54) is 5.56 Å². The second kappa shape index (κ2) is 4.62. The number of nitrogen functional groups attached to an aromatic ring is 1. The highest BCUT2D eigenvalue weighted by Gasteiger charge is 2.23. The highest BCUT2D eigenvalue weighted by molar-refractivity contribution is 5.82. The fourth-order valence-electron chi connectivity index (χ4n) is 2.77. The molecule has 3 nitrogen and oxygen atoms in total. The molecule has 0 aliphatic heterocycles. The van der Waals surface area contributed by atoms with Gasteiger partial charge in [0.25, 0.3) is 0 Å². The third-order valence-electron chi connectivity index (χ3n) is 3.73. The standard InChI is InChI=1S/C18H21N3/c1-12-9-10-13(19)11-14(12)17-20-15-7-5-6-8-16(15)21(17)18(2,3)4/h5-11H,19H2,1-4H3. The van der Waals surface area contributed by atoms with Gasteiger partial charge in [0.15, 0.2) is 0 Å². The van der Waals surface area contributed by atoms with Crippen molar-refractivity contribution in [2.24, 2.45) is 0 Å². The minimum Gasteiger partial charge on any atom is -0.399 e. The Labute approximate surface area is 125 Å². The third kappa shape index (κ3) is 2.29. The molecule has 0 radical (unpaired) electrons. The van der Waals surface area contributed by atoms with Crippen LogP contribution in [0.3, 0.4) is 0 Å². The number of imidazole rings is 1. The van der Waals surface area contributed by atoms with Crippen LogP contribution < -0.4 is 5.73 Å². The zero-order valence-corrected chi connectivity index (χ0v) is 13.0. The van der Waals surface area contributed by atoms with Crippen LogP contribution in [0.15, 0.2) is 42.5 Å². The molecule has 0 aliphatic carbocycles. The van der Waals surface area contributed by atoms with E-state index in [9.17, 15) is 0 Å². The molecule has 0 spiro atoms. The summed E-state index contributed by atoms with van der Waals surface area (Å²) < 4.78 is 2.30. The normalized spacial score (nSPS) is 12.0. The quantitative estimate of drug-likeness (QED) is 0.673. The summed E-state index contributed by atoms with van der Waals surface area (Å²) in [6.45, 7) is 8.70. The zero-order chi connectivity index (χ0) is 15.2. The topological polar surface area (TPSA) is 43.8 Å². The first-order valence-corrected chi connectivity index (χ1v) is 7.22. The predicted molar refractivity (Wildman–Crippen MR) is 89.3 cm³/mol. The summed E-state index contributed by atoms with van der Waals surface area (Å²) in [4.78, 5) is 4.86. The summed E-state index contributed by atoms with van der Waals surface area (Å²) in [5.41, 5.74) is 11.2. The van der Waals surface area contributed by atoms with E-state index in [0.717, 1.165) is 28.1 Å². The van der Waals surface area contributed by atoms with Gasteiger partial charge in [-0.3, -0.25) is 0 Å². The maximum Gasteiger partial charge on any atom is 0.141 e. The van der Waals surface area contributed by atoms with E-state index in [1.54, 1.807) is 0 Å². The van der Waals surface area contributed by atoms with E-state index in [-0.39, 0.29) is 5.54 Å². The molecule has 0 saturated heterocycles. The molecule has 0 bridgehead atoms. The van der Waals surface area contributed by atoms with E-state index < -0.39 is 0 Å². The molecule has 0 unspecified atom stereocenters. The van der Waals surface area contributed by atoms with Gasteiger partial charge in [0.2, 0.25) is 0 Å². The minimum absolute atomic E-state index is 0.0531. The number of hydrogen-bond acceptors (Lipinski definition) is 2. The molecule has 0 amide bonds. The van der Waals surface area contributed by atoms with Crippen LogP contribution in [0, 0.1) is 6.92 Å². The summed E-state index contributed by atoms with van der Waals surface area (Å²) in [7, 11) is 0. The Morgan fingerprint density at radius 1 is 1.05 bits per heavy atom. The maximum absolute atomic E-state index is 5.98. The number of aromatic nitrogens is 2. The summed E-state index contributed by atoms with van der Waals surface area (Å²) in [6.07, 6.45) is 0. The molecule has 2 N–H and O–H groups in total.